The average Bonchev–Trinajstić information content (AvgIpc) is 2.30. The molecule has 1 aromatic carbocycles. The van der Waals surface area contributed by atoms with Crippen molar-refractivity contribution in [1.29, 1.82) is 5.26 Å². The molecule has 0 atom stereocenters. The summed E-state index contributed by atoms with van der Waals surface area (Å²) in [5.74, 6) is 0.557. The van der Waals surface area contributed by atoms with Crippen LogP contribution in [-0.4, -0.2) is 23.6 Å². The number of methoxy groups -OCH3 is 1. The number of thioether (sulfide) groups is 1. The van der Waals surface area contributed by atoms with E-state index < -0.39 is 0 Å². The van der Waals surface area contributed by atoms with Gasteiger partial charge in [-0.3, -0.25) is 5.32 Å². The van der Waals surface area contributed by atoms with Gasteiger partial charge >= 0.3 is 0 Å². The maximum absolute atomic E-state index is 9.63. The van der Waals surface area contributed by atoms with E-state index in [2.05, 4.69) is 10.3 Å². The van der Waals surface area contributed by atoms with E-state index in [0.29, 0.717) is 16.6 Å². The van der Waals surface area contributed by atoms with E-state index in [1.54, 1.807) is 24.6 Å². The first kappa shape index (κ1) is 12.2. The molecular formula is C10H11N3O2S. The van der Waals surface area contributed by atoms with E-state index in [-0.39, 0.29) is 5.75 Å². The first-order valence-electron chi connectivity index (χ1n) is 4.36. The van der Waals surface area contributed by atoms with Crippen molar-refractivity contribution in [3.63, 3.8) is 0 Å². The van der Waals surface area contributed by atoms with Crippen LogP contribution in [0.25, 0.3) is 0 Å². The molecule has 0 heterocycles. The predicted molar refractivity (Wildman–Crippen MR) is 64.0 cm³/mol. The molecule has 0 amide bonds. The summed E-state index contributed by atoms with van der Waals surface area (Å²) < 4.78 is 4.95. The number of aliphatic imine (C=N–C) groups is 1. The molecule has 2 N–H and O–H groups in total. The first-order chi connectivity index (χ1) is 7.71. The minimum Gasteiger partial charge on any atom is -0.506 e. The molecule has 16 heavy (non-hydrogen) atoms. The number of hydrogen-bond acceptors (Lipinski definition) is 5. The zero-order valence-electron chi connectivity index (χ0n) is 8.89. The van der Waals surface area contributed by atoms with Crippen LogP contribution >= 0.6 is 11.8 Å². The van der Waals surface area contributed by atoms with Gasteiger partial charge in [0.1, 0.15) is 17.2 Å². The molecule has 0 aliphatic heterocycles. The molecule has 5 nitrogen and oxygen atoms in total. The number of rotatable bonds is 2. The number of nitriles is 1. The molecule has 0 spiro atoms. The Morgan fingerprint density at radius 3 is 2.88 bits per heavy atom. The van der Waals surface area contributed by atoms with Crippen molar-refractivity contribution >= 4 is 22.6 Å². The topological polar surface area (TPSA) is 77.6 Å². The van der Waals surface area contributed by atoms with Gasteiger partial charge in [0.25, 0.3) is 0 Å². The second-order valence-electron chi connectivity index (χ2n) is 2.71. The molecule has 0 unspecified atom stereocenters. The van der Waals surface area contributed by atoms with Gasteiger partial charge in [-0.15, -0.1) is 0 Å². The maximum atomic E-state index is 9.63. The van der Waals surface area contributed by atoms with Gasteiger partial charge in [0.05, 0.1) is 7.11 Å². The van der Waals surface area contributed by atoms with Gasteiger partial charge in [0.2, 0.25) is 0 Å². The second-order valence-corrected chi connectivity index (χ2v) is 3.51. The van der Waals surface area contributed by atoms with Gasteiger partial charge in [-0.1, -0.05) is 11.8 Å². The van der Waals surface area contributed by atoms with Gasteiger partial charge in [-0.05, 0) is 18.4 Å². The smallest absolute Gasteiger partial charge is 0.183 e. The summed E-state index contributed by atoms with van der Waals surface area (Å²) in [5, 5.41) is 20.9. The molecule has 84 valence electrons. The number of ether oxygens (including phenoxy) is 1. The Morgan fingerprint density at radius 2 is 2.38 bits per heavy atom. The zero-order valence-corrected chi connectivity index (χ0v) is 9.71. The molecule has 0 bridgehead atoms. The highest BCUT2D eigenvalue weighted by atomic mass is 32.2. The standard InChI is InChI=1S/C10H11N3O2S/c1-15-7-3-4-8(9(14)5-7)13-10(16-2)12-6-11/h3-5,14H,1-2H3,(H,12,13). The largest absolute Gasteiger partial charge is 0.506 e. The van der Waals surface area contributed by atoms with Crippen LogP contribution in [0.2, 0.25) is 0 Å². The van der Waals surface area contributed by atoms with Crippen LogP contribution in [0.15, 0.2) is 23.2 Å². The number of phenols is 1. The summed E-state index contributed by atoms with van der Waals surface area (Å²) in [6, 6.07) is 4.76. The third-order valence-electron chi connectivity index (χ3n) is 1.76. The molecule has 0 radical (unpaired) electrons. The summed E-state index contributed by atoms with van der Waals surface area (Å²) in [7, 11) is 1.52. The van der Waals surface area contributed by atoms with Crippen molar-refractivity contribution in [2.24, 2.45) is 4.99 Å². The van der Waals surface area contributed by atoms with Crippen molar-refractivity contribution in [2.75, 3.05) is 13.4 Å². The normalized spacial score (nSPS) is 10.7. The van der Waals surface area contributed by atoms with E-state index in [1.165, 1.54) is 24.9 Å². The molecule has 1 rings (SSSR count). The number of nitrogens with zero attached hydrogens (tertiary/aromatic N) is 2. The quantitative estimate of drug-likeness (QED) is 0.355. The molecule has 0 fully saturated rings. The minimum atomic E-state index is 0.00522. The number of nitrogens with one attached hydrogen (secondary N) is 1. The Labute approximate surface area is 97.8 Å². The highest BCUT2D eigenvalue weighted by Gasteiger charge is 2.03. The molecule has 0 saturated heterocycles. The summed E-state index contributed by atoms with van der Waals surface area (Å²) in [6.07, 6.45) is 3.55. The summed E-state index contributed by atoms with van der Waals surface area (Å²) in [4.78, 5) is 4.08. The van der Waals surface area contributed by atoms with Crippen LogP contribution < -0.4 is 10.1 Å². The SMILES string of the molecule is COc1ccc(N=C(NC#N)SC)c(O)c1. The third kappa shape index (κ3) is 3.07. The lowest BCUT2D eigenvalue weighted by atomic mass is 10.3. The van der Waals surface area contributed by atoms with Crippen LogP contribution in [0.1, 0.15) is 0 Å². The summed E-state index contributed by atoms with van der Waals surface area (Å²) in [5.41, 5.74) is 0.382. The maximum Gasteiger partial charge on any atom is 0.183 e. The Bertz CT molecular complexity index is 440. The van der Waals surface area contributed by atoms with Crippen molar-refractivity contribution < 1.29 is 9.84 Å². The lowest BCUT2D eigenvalue weighted by Gasteiger charge is -2.04. The number of aromatic hydroxyl groups is 1. The van der Waals surface area contributed by atoms with E-state index in [9.17, 15) is 5.11 Å². The van der Waals surface area contributed by atoms with E-state index in [0.717, 1.165) is 0 Å². The minimum absolute atomic E-state index is 0.00522. The average molecular weight is 237 g/mol. The third-order valence-corrected chi connectivity index (χ3v) is 2.34. The summed E-state index contributed by atoms with van der Waals surface area (Å²) >= 11 is 1.28. The zero-order chi connectivity index (χ0) is 12.0. The highest BCUT2D eigenvalue weighted by Crippen LogP contribution is 2.30. The van der Waals surface area contributed by atoms with E-state index >= 15 is 0 Å². The van der Waals surface area contributed by atoms with Crippen LogP contribution in [0.3, 0.4) is 0 Å². The predicted octanol–water partition coefficient (Wildman–Crippen LogP) is 1.82. The molecule has 0 aliphatic rings. The van der Waals surface area contributed by atoms with Crippen molar-refractivity contribution in [2.45, 2.75) is 0 Å². The van der Waals surface area contributed by atoms with Crippen LogP contribution in [0.5, 0.6) is 11.5 Å². The van der Waals surface area contributed by atoms with Gasteiger partial charge in [0.15, 0.2) is 11.4 Å². The Balaban J connectivity index is 3.01. The molecule has 0 aromatic heterocycles. The number of phenolic OH excluding ortho intramolecular Hbond substituents is 1. The molecule has 0 aliphatic carbocycles. The van der Waals surface area contributed by atoms with Crippen molar-refractivity contribution in [3.05, 3.63) is 18.2 Å². The van der Waals surface area contributed by atoms with Crippen molar-refractivity contribution in [1.82, 2.24) is 5.32 Å². The number of hydrogen-bond donors (Lipinski definition) is 2. The lowest BCUT2D eigenvalue weighted by Crippen LogP contribution is -2.12. The molecule has 6 heteroatoms. The Hall–Kier alpha value is -1.87. The van der Waals surface area contributed by atoms with Crippen LogP contribution in [0, 0.1) is 11.5 Å². The van der Waals surface area contributed by atoms with E-state index in [4.69, 9.17) is 10.00 Å². The number of benzene rings is 1. The molecule has 0 saturated carbocycles. The Morgan fingerprint density at radius 1 is 1.62 bits per heavy atom. The lowest BCUT2D eigenvalue weighted by molar-refractivity contribution is 0.408. The van der Waals surface area contributed by atoms with E-state index in [1.807, 2.05) is 0 Å². The highest BCUT2D eigenvalue weighted by molar-refractivity contribution is 8.13. The Kier molecular flexibility index (Phi) is 4.48. The summed E-state index contributed by atoms with van der Waals surface area (Å²) in [6.45, 7) is 0. The van der Waals surface area contributed by atoms with Gasteiger partial charge < -0.3 is 9.84 Å². The molecular weight excluding hydrogens is 226 g/mol. The fraction of sp³-hybridized carbons (Fsp3) is 0.200. The van der Waals surface area contributed by atoms with Gasteiger partial charge in [0, 0.05) is 6.07 Å². The van der Waals surface area contributed by atoms with Crippen LogP contribution in [0.4, 0.5) is 5.69 Å². The molecule has 1 aromatic rings. The van der Waals surface area contributed by atoms with Gasteiger partial charge in [-0.2, -0.15) is 5.26 Å². The number of amidine groups is 1. The fourth-order valence-electron chi connectivity index (χ4n) is 1.01. The second kappa shape index (κ2) is 5.88. The monoisotopic (exact) mass is 237 g/mol. The van der Waals surface area contributed by atoms with Crippen molar-refractivity contribution in [3.8, 4) is 17.7 Å². The fourth-order valence-corrected chi connectivity index (χ4v) is 1.34. The van der Waals surface area contributed by atoms with Gasteiger partial charge in [-0.25, -0.2) is 4.99 Å². The van der Waals surface area contributed by atoms with Crippen LogP contribution in [-0.2, 0) is 0 Å². The first-order valence-corrected chi connectivity index (χ1v) is 5.58.